The largest absolute Gasteiger partial charge is 0.309 e. The van der Waals surface area contributed by atoms with Crippen LogP contribution in [0.15, 0.2) is 243 Å². The van der Waals surface area contributed by atoms with Crippen LogP contribution in [-0.4, -0.2) is 9.13 Å². The first-order valence-corrected chi connectivity index (χ1v) is 21.4. The van der Waals surface area contributed by atoms with Crippen LogP contribution in [0.4, 0.5) is 0 Å². The Labute approximate surface area is 360 Å². The molecule has 0 radical (unpaired) electrons. The first-order chi connectivity index (χ1) is 30.8. The minimum atomic E-state index is 1.12. The van der Waals surface area contributed by atoms with Gasteiger partial charge in [-0.15, -0.1) is 0 Å². The maximum atomic E-state index is 2.51. The molecule has 62 heavy (non-hydrogen) atoms. The van der Waals surface area contributed by atoms with Crippen LogP contribution in [0.5, 0.6) is 0 Å². The zero-order chi connectivity index (χ0) is 41.0. The maximum absolute atomic E-state index is 2.51. The molecule has 0 fully saturated rings. The fraction of sp³-hybridized carbons (Fsp3) is 0. The number of benzene rings is 10. The van der Waals surface area contributed by atoms with E-state index in [-0.39, 0.29) is 0 Å². The van der Waals surface area contributed by atoms with Crippen molar-refractivity contribution in [1.82, 2.24) is 9.13 Å². The first kappa shape index (κ1) is 35.7. The summed E-state index contributed by atoms with van der Waals surface area (Å²) in [5, 5.41) is 4.95. The Hall–Kier alpha value is -8.20. The van der Waals surface area contributed by atoms with E-state index in [2.05, 4.69) is 252 Å². The molecule has 0 aliphatic heterocycles. The van der Waals surface area contributed by atoms with Crippen LogP contribution in [0.1, 0.15) is 0 Å². The Bertz CT molecular complexity index is 3530. The predicted octanol–water partition coefficient (Wildman–Crippen LogP) is 16.2. The van der Waals surface area contributed by atoms with Crippen molar-refractivity contribution in [3.8, 4) is 67.0 Å². The Morgan fingerprint density at radius 2 is 0.629 bits per heavy atom. The van der Waals surface area contributed by atoms with Crippen molar-refractivity contribution < 1.29 is 0 Å². The van der Waals surface area contributed by atoms with Crippen LogP contribution >= 0.6 is 0 Å². The van der Waals surface area contributed by atoms with Gasteiger partial charge in [0.25, 0.3) is 0 Å². The lowest BCUT2D eigenvalue weighted by Gasteiger charge is -2.24. The number of aromatic nitrogens is 2. The highest BCUT2D eigenvalue weighted by molar-refractivity contribution is 6.27. The standard InChI is InChI=1S/C60H40N2/c1-6-21-41(22-7-1)55-56(42-23-8-2-9-24-42)58(44-27-12-4-13-28-44)60-59(57(55)43-25-10-3-11-26-43)51-40-46(37-38-54(51)62(60)47-30-14-5-15-31-47)45-29-20-32-48(39-45)61-52-35-18-16-33-49(52)50-34-17-19-36-53(50)61/h1-40H. The van der Waals surface area contributed by atoms with Gasteiger partial charge in [-0.3, -0.25) is 0 Å². The van der Waals surface area contributed by atoms with Crippen molar-refractivity contribution in [2.24, 2.45) is 0 Å². The van der Waals surface area contributed by atoms with Crippen molar-refractivity contribution in [2.75, 3.05) is 0 Å². The lowest BCUT2D eigenvalue weighted by molar-refractivity contribution is 1.18. The van der Waals surface area contributed by atoms with Gasteiger partial charge in [-0.25, -0.2) is 0 Å². The van der Waals surface area contributed by atoms with Gasteiger partial charge in [-0.1, -0.05) is 194 Å². The predicted molar refractivity (Wildman–Crippen MR) is 262 cm³/mol. The van der Waals surface area contributed by atoms with Crippen LogP contribution in [0.3, 0.4) is 0 Å². The molecule has 12 aromatic rings. The third-order valence-electron chi connectivity index (χ3n) is 12.5. The molecule has 0 amide bonds. The van der Waals surface area contributed by atoms with Gasteiger partial charge in [0.2, 0.25) is 0 Å². The molecule has 2 heterocycles. The number of para-hydroxylation sites is 3. The second-order valence-corrected chi connectivity index (χ2v) is 16.0. The zero-order valence-corrected chi connectivity index (χ0v) is 34.0. The van der Waals surface area contributed by atoms with Gasteiger partial charge in [0, 0.05) is 49.6 Å². The highest BCUT2D eigenvalue weighted by atomic mass is 15.0. The summed E-state index contributed by atoms with van der Waals surface area (Å²) in [5.74, 6) is 0. The minimum Gasteiger partial charge on any atom is -0.309 e. The average molecular weight is 789 g/mol. The molecule has 290 valence electrons. The summed E-state index contributed by atoms with van der Waals surface area (Å²) >= 11 is 0. The van der Waals surface area contributed by atoms with E-state index in [4.69, 9.17) is 0 Å². The average Bonchev–Trinajstić information content (AvgIpc) is 3.87. The van der Waals surface area contributed by atoms with E-state index in [9.17, 15) is 0 Å². The summed E-state index contributed by atoms with van der Waals surface area (Å²) in [5.41, 5.74) is 18.9. The van der Waals surface area contributed by atoms with Crippen LogP contribution in [0.2, 0.25) is 0 Å². The summed E-state index contributed by atoms with van der Waals surface area (Å²) in [7, 11) is 0. The molecular weight excluding hydrogens is 749 g/mol. The second-order valence-electron chi connectivity index (χ2n) is 16.0. The Morgan fingerprint density at radius 1 is 0.226 bits per heavy atom. The maximum Gasteiger partial charge on any atom is 0.0632 e. The Morgan fingerprint density at radius 3 is 1.19 bits per heavy atom. The number of fused-ring (bicyclic) bond motifs is 6. The molecule has 0 unspecified atom stereocenters. The molecule has 0 N–H and O–H groups in total. The minimum absolute atomic E-state index is 1.12. The molecule has 0 atom stereocenters. The van der Waals surface area contributed by atoms with Crippen LogP contribution in [0.25, 0.3) is 111 Å². The summed E-state index contributed by atoms with van der Waals surface area (Å²) in [6.45, 7) is 0. The van der Waals surface area contributed by atoms with Crippen molar-refractivity contribution in [1.29, 1.82) is 0 Å². The van der Waals surface area contributed by atoms with Gasteiger partial charge in [0.1, 0.15) is 0 Å². The first-order valence-electron chi connectivity index (χ1n) is 21.4. The molecule has 0 bridgehead atoms. The van der Waals surface area contributed by atoms with Gasteiger partial charge in [-0.05, 0) is 87.5 Å². The quantitative estimate of drug-likeness (QED) is 0.152. The number of hydrogen-bond acceptors (Lipinski definition) is 0. The van der Waals surface area contributed by atoms with E-state index in [1.54, 1.807) is 0 Å². The summed E-state index contributed by atoms with van der Waals surface area (Å²) in [6, 6.07) is 88.5. The summed E-state index contributed by atoms with van der Waals surface area (Å²) in [6.07, 6.45) is 0. The number of nitrogens with zero attached hydrogens (tertiary/aromatic N) is 2. The highest BCUT2D eigenvalue weighted by Gasteiger charge is 2.29. The lowest BCUT2D eigenvalue weighted by Crippen LogP contribution is -2.00. The molecule has 12 rings (SSSR count). The van der Waals surface area contributed by atoms with E-state index in [1.807, 2.05) is 0 Å². The number of hydrogen-bond donors (Lipinski definition) is 0. The van der Waals surface area contributed by atoms with E-state index >= 15 is 0 Å². The Balaban J connectivity index is 1.25. The van der Waals surface area contributed by atoms with Gasteiger partial charge >= 0.3 is 0 Å². The molecular formula is C60H40N2. The molecule has 0 saturated heterocycles. The summed E-state index contributed by atoms with van der Waals surface area (Å²) in [4.78, 5) is 0. The van der Waals surface area contributed by atoms with Crippen molar-refractivity contribution in [3.63, 3.8) is 0 Å². The molecule has 0 aliphatic carbocycles. The smallest absolute Gasteiger partial charge is 0.0632 e. The molecule has 0 aliphatic rings. The van der Waals surface area contributed by atoms with Gasteiger partial charge in [-0.2, -0.15) is 0 Å². The normalized spacial score (nSPS) is 11.5. The van der Waals surface area contributed by atoms with E-state index in [0.717, 1.165) is 16.9 Å². The van der Waals surface area contributed by atoms with Crippen LogP contribution in [0, 0.1) is 0 Å². The monoisotopic (exact) mass is 788 g/mol. The fourth-order valence-corrected chi connectivity index (χ4v) is 9.89. The van der Waals surface area contributed by atoms with Gasteiger partial charge in [0.05, 0.1) is 22.1 Å². The topological polar surface area (TPSA) is 9.86 Å². The SMILES string of the molecule is c1ccc(-c2c(-c3ccccc3)c(-c3ccccc3)c3c(c2-c2ccccc2)c2cc(-c4cccc(-n5c6ccccc6c6ccccc65)c4)ccc2n3-c2ccccc2)cc1. The van der Waals surface area contributed by atoms with Gasteiger partial charge in [0.15, 0.2) is 0 Å². The van der Waals surface area contributed by atoms with Crippen LogP contribution < -0.4 is 0 Å². The molecule has 0 saturated carbocycles. The molecule has 2 nitrogen and oxygen atoms in total. The molecule has 10 aromatic carbocycles. The van der Waals surface area contributed by atoms with E-state index < -0.39 is 0 Å². The van der Waals surface area contributed by atoms with E-state index in [0.29, 0.717) is 0 Å². The zero-order valence-electron chi connectivity index (χ0n) is 34.0. The summed E-state index contributed by atoms with van der Waals surface area (Å²) < 4.78 is 4.92. The highest BCUT2D eigenvalue weighted by Crippen LogP contribution is 2.54. The van der Waals surface area contributed by atoms with Crippen molar-refractivity contribution >= 4 is 43.6 Å². The van der Waals surface area contributed by atoms with Crippen molar-refractivity contribution in [2.45, 2.75) is 0 Å². The molecule has 2 aromatic heterocycles. The van der Waals surface area contributed by atoms with Gasteiger partial charge < -0.3 is 9.13 Å². The fourth-order valence-electron chi connectivity index (χ4n) is 9.89. The Kier molecular flexibility index (Phi) is 8.53. The van der Waals surface area contributed by atoms with E-state index in [1.165, 1.54) is 93.7 Å². The lowest BCUT2D eigenvalue weighted by atomic mass is 9.80. The van der Waals surface area contributed by atoms with Crippen molar-refractivity contribution in [3.05, 3.63) is 243 Å². The second kappa shape index (κ2) is 14.8. The third-order valence-corrected chi connectivity index (χ3v) is 12.5. The van der Waals surface area contributed by atoms with Crippen LogP contribution in [-0.2, 0) is 0 Å². The molecule has 2 heteroatoms. The third kappa shape index (κ3) is 5.73. The molecule has 0 spiro atoms. The number of rotatable bonds is 7.